The van der Waals surface area contributed by atoms with Crippen LogP contribution in [0.15, 0.2) is 24.3 Å². The third-order valence-electron chi connectivity index (χ3n) is 4.21. The molecular formula is C15H16ClNO3. The Hall–Kier alpha value is -1.55. The van der Waals surface area contributed by atoms with Crippen molar-refractivity contribution in [1.82, 2.24) is 4.90 Å². The van der Waals surface area contributed by atoms with Crippen molar-refractivity contribution < 1.29 is 14.7 Å². The number of carbonyl (C=O) groups is 2. The Kier molecular flexibility index (Phi) is 3.42. The number of nitrogens with zero attached hydrogens (tertiary/aromatic N) is 1. The van der Waals surface area contributed by atoms with Gasteiger partial charge in [-0.3, -0.25) is 4.79 Å². The number of amides is 1. The molecule has 1 amide bonds. The molecule has 20 heavy (non-hydrogen) atoms. The Morgan fingerprint density at radius 2 is 2.15 bits per heavy atom. The molecule has 1 saturated heterocycles. The van der Waals surface area contributed by atoms with Gasteiger partial charge in [0.25, 0.3) is 0 Å². The number of aliphatic carboxylic acids is 1. The molecule has 4 nitrogen and oxygen atoms in total. The van der Waals surface area contributed by atoms with Crippen molar-refractivity contribution >= 4 is 23.5 Å². The quantitative estimate of drug-likeness (QED) is 0.931. The average Bonchev–Trinajstić information content (AvgIpc) is 3.06. The van der Waals surface area contributed by atoms with Crippen LogP contribution in [0.4, 0.5) is 0 Å². The maximum absolute atomic E-state index is 12.4. The van der Waals surface area contributed by atoms with E-state index in [0.717, 1.165) is 18.4 Å². The van der Waals surface area contributed by atoms with Gasteiger partial charge in [-0.25, -0.2) is 4.79 Å². The molecule has 5 heteroatoms. The summed E-state index contributed by atoms with van der Waals surface area (Å²) in [4.78, 5) is 25.1. The van der Waals surface area contributed by atoms with Crippen molar-refractivity contribution in [3.05, 3.63) is 34.9 Å². The fourth-order valence-corrected chi connectivity index (χ4v) is 3.27. The van der Waals surface area contributed by atoms with Crippen molar-refractivity contribution in [1.29, 1.82) is 0 Å². The first kappa shape index (κ1) is 13.4. The SMILES string of the molecule is O=C(O)[C@H]1CCCN1C(=O)C1CC1c1cccc(Cl)c1. The van der Waals surface area contributed by atoms with Gasteiger partial charge in [-0.2, -0.15) is 0 Å². The summed E-state index contributed by atoms with van der Waals surface area (Å²) in [6.45, 7) is 0.564. The lowest BCUT2D eigenvalue weighted by Gasteiger charge is -2.21. The van der Waals surface area contributed by atoms with E-state index in [0.29, 0.717) is 18.0 Å². The molecular weight excluding hydrogens is 278 g/mol. The lowest BCUT2D eigenvalue weighted by atomic mass is 10.1. The van der Waals surface area contributed by atoms with Gasteiger partial charge in [0.1, 0.15) is 6.04 Å². The Balaban J connectivity index is 1.70. The van der Waals surface area contributed by atoms with Gasteiger partial charge in [-0.1, -0.05) is 23.7 Å². The molecule has 1 N–H and O–H groups in total. The van der Waals surface area contributed by atoms with Crippen LogP contribution in [0.5, 0.6) is 0 Å². The molecule has 106 valence electrons. The zero-order chi connectivity index (χ0) is 14.3. The number of carboxylic acids is 1. The van der Waals surface area contributed by atoms with E-state index in [1.54, 1.807) is 0 Å². The van der Waals surface area contributed by atoms with E-state index in [1.807, 2.05) is 24.3 Å². The zero-order valence-electron chi connectivity index (χ0n) is 11.0. The first-order valence-corrected chi connectivity index (χ1v) is 7.24. The minimum atomic E-state index is -0.893. The van der Waals surface area contributed by atoms with Crippen molar-refractivity contribution in [2.45, 2.75) is 31.2 Å². The molecule has 2 unspecified atom stereocenters. The van der Waals surface area contributed by atoms with Gasteiger partial charge < -0.3 is 10.0 Å². The molecule has 0 spiro atoms. The van der Waals surface area contributed by atoms with E-state index in [4.69, 9.17) is 16.7 Å². The van der Waals surface area contributed by atoms with Crippen LogP contribution in [0.25, 0.3) is 0 Å². The van der Waals surface area contributed by atoms with Gasteiger partial charge in [0, 0.05) is 17.5 Å². The lowest BCUT2D eigenvalue weighted by Crippen LogP contribution is -2.41. The lowest BCUT2D eigenvalue weighted by molar-refractivity contribution is -0.148. The highest BCUT2D eigenvalue weighted by Gasteiger charge is 2.48. The number of benzene rings is 1. The molecule has 3 rings (SSSR count). The largest absolute Gasteiger partial charge is 0.480 e. The van der Waals surface area contributed by atoms with E-state index < -0.39 is 12.0 Å². The van der Waals surface area contributed by atoms with E-state index in [-0.39, 0.29) is 17.7 Å². The van der Waals surface area contributed by atoms with Gasteiger partial charge in [-0.05, 0) is 42.9 Å². The number of hydrogen-bond donors (Lipinski definition) is 1. The smallest absolute Gasteiger partial charge is 0.326 e. The third kappa shape index (κ3) is 2.40. The Morgan fingerprint density at radius 3 is 2.85 bits per heavy atom. The van der Waals surface area contributed by atoms with E-state index in [1.165, 1.54) is 4.90 Å². The third-order valence-corrected chi connectivity index (χ3v) is 4.44. The van der Waals surface area contributed by atoms with Crippen LogP contribution in [0.1, 0.15) is 30.7 Å². The van der Waals surface area contributed by atoms with Crippen molar-refractivity contribution in [2.75, 3.05) is 6.54 Å². The van der Waals surface area contributed by atoms with Crippen LogP contribution >= 0.6 is 11.6 Å². The molecule has 1 saturated carbocycles. The number of rotatable bonds is 3. The molecule has 1 aromatic rings. The van der Waals surface area contributed by atoms with Crippen LogP contribution in [-0.4, -0.2) is 34.5 Å². The summed E-state index contributed by atoms with van der Waals surface area (Å²) in [5.41, 5.74) is 1.07. The zero-order valence-corrected chi connectivity index (χ0v) is 11.7. The molecule has 1 aromatic carbocycles. The summed E-state index contributed by atoms with van der Waals surface area (Å²) in [5, 5.41) is 9.81. The molecule has 2 fully saturated rings. The van der Waals surface area contributed by atoms with Crippen LogP contribution in [0.2, 0.25) is 5.02 Å². The van der Waals surface area contributed by atoms with Crippen molar-refractivity contribution in [2.24, 2.45) is 5.92 Å². The second-order valence-electron chi connectivity index (χ2n) is 5.53. The Labute approximate surface area is 122 Å². The van der Waals surface area contributed by atoms with Gasteiger partial charge in [0.05, 0.1) is 0 Å². The molecule has 2 aliphatic rings. The Bertz CT molecular complexity index is 560. The molecule has 0 radical (unpaired) electrons. The fourth-order valence-electron chi connectivity index (χ4n) is 3.07. The number of halogens is 1. The summed E-state index contributed by atoms with van der Waals surface area (Å²) in [6, 6.07) is 6.92. The normalized spacial score (nSPS) is 28.4. The van der Waals surface area contributed by atoms with E-state index in [9.17, 15) is 9.59 Å². The van der Waals surface area contributed by atoms with Crippen LogP contribution < -0.4 is 0 Å². The molecule has 3 atom stereocenters. The first-order chi connectivity index (χ1) is 9.58. The van der Waals surface area contributed by atoms with Gasteiger partial charge in [-0.15, -0.1) is 0 Å². The number of carboxylic acid groups (broad SMARTS) is 1. The van der Waals surface area contributed by atoms with Crippen molar-refractivity contribution in [3.63, 3.8) is 0 Å². The summed E-state index contributed by atoms with van der Waals surface area (Å²) >= 11 is 5.96. The number of likely N-dealkylation sites (tertiary alicyclic amines) is 1. The number of hydrogen-bond acceptors (Lipinski definition) is 2. The van der Waals surface area contributed by atoms with E-state index >= 15 is 0 Å². The Morgan fingerprint density at radius 1 is 1.35 bits per heavy atom. The highest BCUT2D eigenvalue weighted by atomic mass is 35.5. The molecule has 1 heterocycles. The molecule has 0 aromatic heterocycles. The highest BCUT2D eigenvalue weighted by molar-refractivity contribution is 6.30. The minimum Gasteiger partial charge on any atom is -0.480 e. The highest BCUT2D eigenvalue weighted by Crippen LogP contribution is 2.49. The molecule has 1 aliphatic heterocycles. The number of carbonyl (C=O) groups excluding carboxylic acids is 1. The van der Waals surface area contributed by atoms with Gasteiger partial charge in [0.2, 0.25) is 5.91 Å². The second kappa shape index (κ2) is 5.09. The predicted molar refractivity (Wildman–Crippen MR) is 74.7 cm³/mol. The average molecular weight is 294 g/mol. The topological polar surface area (TPSA) is 57.6 Å². The summed E-state index contributed by atoms with van der Waals surface area (Å²) in [7, 11) is 0. The van der Waals surface area contributed by atoms with Crippen LogP contribution in [0, 0.1) is 5.92 Å². The molecule has 0 bridgehead atoms. The maximum atomic E-state index is 12.4. The first-order valence-electron chi connectivity index (χ1n) is 6.86. The van der Waals surface area contributed by atoms with Crippen molar-refractivity contribution in [3.8, 4) is 0 Å². The maximum Gasteiger partial charge on any atom is 0.326 e. The van der Waals surface area contributed by atoms with E-state index in [2.05, 4.69) is 0 Å². The summed E-state index contributed by atoms with van der Waals surface area (Å²) < 4.78 is 0. The fraction of sp³-hybridized carbons (Fsp3) is 0.467. The van der Waals surface area contributed by atoms with Crippen LogP contribution in [-0.2, 0) is 9.59 Å². The van der Waals surface area contributed by atoms with Gasteiger partial charge >= 0.3 is 5.97 Å². The monoisotopic (exact) mass is 293 g/mol. The molecule has 1 aliphatic carbocycles. The summed E-state index contributed by atoms with van der Waals surface area (Å²) in [5.74, 6) is -0.791. The standard InChI is InChI=1S/C15H16ClNO3/c16-10-4-1-3-9(7-10)11-8-12(11)14(18)17-6-2-5-13(17)15(19)20/h1,3-4,7,11-13H,2,5-6,8H2,(H,19,20)/t11?,12?,13-/m1/s1. The predicted octanol–water partition coefficient (Wildman–Crippen LogP) is 2.52. The van der Waals surface area contributed by atoms with Crippen LogP contribution in [0.3, 0.4) is 0 Å². The second-order valence-corrected chi connectivity index (χ2v) is 5.97. The van der Waals surface area contributed by atoms with Gasteiger partial charge in [0.15, 0.2) is 0 Å². The minimum absolute atomic E-state index is 0.0140. The summed E-state index contributed by atoms with van der Waals surface area (Å²) in [6.07, 6.45) is 2.13.